The van der Waals surface area contributed by atoms with Gasteiger partial charge in [-0.15, -0.1) is 0 Å². The number of primary amides is 1. The Labute approximate surface area is 111 Å². The first-order valence-corrected chi connectivity index (χ1v) is 6.54. The Morgan fingerprint density at radius 2 is 1.89 bits per heavy atom. The van der Waals surface area contributed by atoms with Crippen molar-refractivity contribution in [2.45, 2.75) is 19.0 Å². The molecule has 3 N–H and O–H groups in total. The van der Waals surface area contributed by atoms with Gasteiger partial charge in [0.05, 0.1) is 5.92 Å². The van der Waals surface area contributed by atoms with Crippen molar-refractivity contribution in [1.29, 1.82) is 0 Å². The molecule has 100 valence electrons. The summed E-state index contributed by atoms with van der Waals surface area (Å²) in [6.07, 6.45) is 0.525. The van der Waals surface area contributed by atoms with Crippen LogP contribution in [0.25, 0.3) is 0 Å². The number of nitrogens with one attached hydrogen (secondary N) is 1. The maximum absolute atomic E-state index is 12.4. The number of benzene rings is 1. The lowest BCUT2D eigenvalue weighted by atomic mass is 9.91. The first-order valence-electron chi connectivity index (χ1n) is 6.54. The number of carbonyl (C=O) groups excluding carboxylic acids is 2. The second kappa shape index (κ2) is 4.66. The van der Waals surface area contributed by atoms with E-state index >= 15 is 0 Å². The minimum atomic E-state index is -0.511. The van der Waals surface area contributed by atoms with E-state index in [1.165, 1.54) is 0 Å². The van der Waals surface area contributed by atoms with Crippen molar-refractivity contribution in [1.82, 2.24) is 10.2 Å². The molecule has 5 nitrogen and oxygen atoms in total. The molecule has 0 aromatic heterocycles. The van der Waals surface area contributed by atoms with Crippen LogP contribution in [0, 0.1) is 5.92 Å². The highest BCUT2D eigenvalue weighted by Gasteiger charge is 2.37. The average Bonchev–Trinajstić information content (AvgIpc) is 2.35. The molecular formula is C14H17N3O2. The van der Waals surface area contributed by atoms with Crippen LogP contribution in [0.1, 0.15) is 11.1 Å². The fourth-order valence-electron chi connectivity index (χ4n) is 2.71. The number of amides is 2. The Morgan fingerprint density at radius 3 is 2.47 bits per heavy atom. The van der Waals surface area contributed by atoms with Crippen molar-refractivity contribution in [3.63, 3.8) is 0 Å². The van der Waals surface area contributed by atoms with Gasteiger partial charge in [-0.2, -0.15) is 0 Å². The molecule has 2 aliphatic heterocycles. The van der Waals surface area contributed by atoms with Crippen molar-refractivity contribution in [3.05, 3.63) is 35.4 Å². The Balaban J connectivity index is 1.89. The quantitative estimate of drug-likeness (QED) is 0.762. The number of fused-ring (bicyclic) bond motifs is 1. The third-order valence-corrected chi connectivity index (χ3v) is 3.99. The molecule has 2 amide bonds. The van der Waals surface area contributed by atoms with Gasteiger partial charge in [0, 0.05) is 26.1 Å². The lowest BCUT2D eigenvalue weighted by Gasteiger charge is -2.39. The van der Waals surface area contributed by atoms with E-state index in [4.69, 9.17) is 5.73 Å². The zero-order valence-corrected chi connectivity index (χ0v) is 10.6. The molecule has 2 aliphatic rings. The second-order valence-electron chi connectivity index (χ2n) is 5.21. The minimum absolute atomic E-state index is 0.00730. The third kappa shape index (κ3) is 2.10. The molecule has 0 aliphatic carbocycles. The fourth-order valence-corrected chi connectivity index (χ4v) is 2.71. The lowest BCUT2D eigenvalue weighted by Crippen LogP contribution is -2.58. The van der Waals surface area contributed by atoms with Gasteiger partial charge in [-0.3, -0.25) is 9.59 Å². The summed E-state index contributed by atoms with van der Waals surface area (Å²) in [6, 6.07) is 7.40. The van der Waals surface area contributed by atoms with Crippen LogP contribution < -0.4 is 11.1 Å². The number of rotatable bonds is 2. The Kier molecular flexibility index (Phi) is 2.98. The van der Waals surface area contributed by atoms with E-state index in [1.54, 1.807) is 4.90 Å². The zero-order chi connectivity index (χ0) is 13.4. The van der Waals surface area contributed by atoms with Crippen molar-refractivity contribution < 1.29 is 9.59 Å². The highest BCUT2D eigenvalue weighted by Crippen LogP contribution is 2.25. The van der Waals surface area contributed by atoms with Gasteiger partial charge in [0.15, 0.2) is 0 Å². The fraction of sp³-hybridized carbons (Fsp3) is 0.429. The summed E-state index contributed by atoms with van der Waals surface area (Å²) in [5.74, 6) is -0.390. The maximum Gasteiger partial charge on any atom is 0.240 e. The third-order valence-electron chi connectivity index (χ3n) is 3.99. The topological polar surface area (TPSA) is 75.4 Å². The molecule has 1 fully saturated rings. The molecule has 0 radical (unpaired) electrons. The van der Waals surface area contributed by atoms with Gasteiger partial charge in [0.25, 0.3) is 0 Å². The van der Waals surface area contributed by atoms with E-state index < -0.39 is 11.9 Å². The summed E-state index contributed by atoms with van der Waals surface area (Å²) < 4.78 is 0. The molecule has 1 saturated heterocycles. The van der Waals surface area contributed by atoms with E-state index in [0.717, 1.165) is 11.1 Å². The molecule has 5 heteroatoms. The molecule has 0 unspecified atom stereocenters. The average molecular weight is 259 g/mol. The lowest BCUT2D eigenvalue weighted by molar-refractivity contribution is -0.145. The van der Waals surface area contributed by atoms with Gasteiger partial charge in [-0.1, -0.05) is 24.3 Å². The summed E-state index contributed by atoms with van der Waals surface area (Å²) in [7, 11) is 0. The SMILES string of the molecule is NC(=O)[C@@H]1Cc2ccccc2CN1C(=O)C1CNC1. The Hall–Kier alpha value is -1.88. The summed E-state index contributed by atoms with van der Waals surface area (Å²) in [6.45, 7) is 1.88. The monoisotopic (exact) mass is 259 g/mol. The predicted octanol–water partition coefficient (Wildman–Crippen LogP) is -0.355. The van der Waals surface area contributed by atoms with E-state index in [-0.39, 0.29) is 11.8 Å². The Morgan fingerprint density at radius 1 is 1.21 bits per heavy atom. The molecule has 19 heavy (non-hydrogen) atoms. The van der Waals surface area contributed by atoms with E-state index in [2.05, 4.69) is 5.32 Å². The van der Waals surface area contributed by atoms with Crippen molar-refractivity contribution in [2.24, 2.45) is 11.7 Å². The minimum Gasteiger partial charge on any atom is -0.368 e. The van der Waals surface area contributed by atoms with Crippen LogP contribution in [-0.2, 0) is 22.6 Å². The molecule has 0 saturated carbocycles. The first-order chi connectivity index (χ1) is 9.16. The van der Waals surface area contributed by atoms with E-state index in [0.29, 0.717) is 26.1 Å². The summed E-state index contributed by atoms with van der Waals surface area (Å²) in [5.41, 5.74) is 7.69. The molecule has 0 bridgehead atoms. The number of hydrogen-bond acceptors (Lipinski definition) is 3. The summed E-state index contributed by atoms with van der Waals surface area (Å²) in [4.78, 5) is 25.7. The van der Waals surface area contributed by atoms with Crippen LogP contribution in [0.3, 0.4) is 0 Å². The maximum atomic E-state index is 12.4. The van der Waals surface area contributed by atoms with Gasteiger partial charge in [0.1, 0.15) is 6.04 Å². The first kappa shape index (κ1) is 12.2. The number of nitrogens with zero attached hydrogens (tertiary/aromatic N) is 1. The molecule has 2 heterocycles. The summed E-state index contributed by atoms with van der Waals surface area (Å²) in [5, 5.41) is 3.08. The van der Waals surface area contributed by atoms with E-state index in [1.807, 2.05) is 24.3 Å². The highest BCUT2D eigenvalue weighted by atomic mass is 16.2. The largest absolute Gasteiger partial charge is 0.368 e. The van der Waals surface area contributed by atoms with Gasteiger partial charge >= 0.3 is 0 Å². The molecule has 1 atom stereocenters. The number of hydrogen-bond donors (Lipinski definition) is 2. The van der Waals surface area contributed by atoms with Crippen LogP contribution in [0.15, 0.2) is 24.3 Å². The second-order valence-corrected chi connectivity index (χ2v) is 5.21. The molecule has 1 aromatic rings. The van der Waals surface area contributed by atoms with Crippen LogP contribution in [0.5, 0.6) is 0 Å². The highest BCUT2D eigenvalue weighted by molar-refractivity contribution is 5.89. The number of nitrogens with two attached hydrogens (primary N) is 1. The van der Waals surface area contributed by atoms with Gasteiger partial charge in [-0.25, -0.2) is 0 Å². The molecule has 0 spiro atoms. The van der Waals surface area contributed by atoms with Crippen LogP contribution in [0.2, 0.25) is 0 Å². The normalized spacial score (nSPS) is 22.5. The molecule has 1 aromatic carbocycles. The van der Waals surface area contributed by atoms with Gasteiger partial charge in [0.2, 0.25) is 11.8 Å². The smallest absolute Gasteiger partial charge is 0.240 e. The Bertz CT molecular complexity index is 525. The van der Waals surface area contributed by atoms with Crippen LogP contribution >= 0.6 is 0 Å². The molecular weight excluding hydrogens is 242 g/mol. The summed E-state index contributed by atoms with van der Waals surface area (Å²) >= 11 is 0. The zero-order valence-electron chi connectivity index (χ0n) is 10.6. The predicted molar refractivity (Wildman–Crippen MR) is 70.0 cm³/mol. The van der Waals surface area contributed by atoms with Gasteiger partial charge < -0.3 is 16.0 Å². The number of carbonyl (C=O) groups is 2. The van der Waals surface area contributed by atoms with E-state index in [9.17, 15) is 9.59 Å². The van der Waals surface area contributed by atoms with Crippen molar-refractivity contribution >= 4 is 11.8 Å². The van der Waals surface area contributed by atoms with Crippen LogP contribution in [0.4, 0.5) is 0 Å². The van der Waals surface area contributed by atoms with Crippen molar-refractivity contribution in [2.75, 3.05) is 13.1 Å². The standard InChI is InChI=1S/C14H17N3O2/c15-13(18)12-5-9-3-1-2-4-10(9)8-17(12)14(19)11-6-16-7-11/h1-4,11-12,16H,5-8H2,(H2,15,18)/t12-/m0/s1. The van der Waals surface area contributed by atoms with Crippen molar-refractivity contribution in [3.8, 4) is 0 Å². The van der Waals surface area contributed by atoms with Gasteiger partial charge in [-0.05, 0) is 11.1 Å². The van der Waals surface area contributed by atoms with Crippen LogP contribution in [-0.4, -0.2) is 35.8 Å². The molecule has 3 rings (SSSR count).